The van der Waals surface area contributed by atoms with Gasteiger partial charge < -0.3 is 19.3 Å². The molecule has 1 fully saturated rings. The number of ether oxygens (including phenoxy) is 2. The molecule has 2 atom stereocenters. The molecule has 0 spiro atoms. The molecule has 1 aliphatic heterocycles. The van der Waals surface area contributed by atoms with Crippen LogP contribution in [-0.2, 0) is 21.5 Å². The van der Waals surface area contributed by atoms with E-state index in [-0.39, 0.29) is 17.4 Å². The molecule has 2 aromatic rings. The van der Waals surface area contributed by atoms with E-state index < -0.39 is 0 Å². The van der Waals surface area contributed by atoms with Gasteiger partial charge in [-0.15, -0.1) is 0 Å². The van der Waals surface area contributed by atoms with E-state index >= 15 is 0 Å². The van der Waals surface area contributed by atoms with Gasteiger partial charge in [0.25, 0.3) is 0 Å². The van der Waals surface area contributed by atoms with Crippen molar-refractivity contribution in [3.8, 4) is 5.75 Å². The third kappa shape index (κ3) is 6.08. The van der Waals surface area contributed by atoms with Gasteiger partial charge >= 0.3 is 0 Å². The first-order chi connectivity index (χ1) is 15.8. The van der Waals surface area contributed by atoms with Crippen LogP contribution in [0.3, 0.4) is 0 Å². The summed E-state index contributed by atoms with van der Waals surface area (Å²) in [6.07, 6.45) is 2.96. The second kappa shape index (κ2) is 11.1. The van der Waals surface area contributed by atoms with E-state index in [2.05, 4.69) is 55.1 Å². The van der Waals surface area contributed by atoms with Gasteiger partial charge in [-0.05, 0) is 48.9 Å². The van der Waals surface area contributed by atoms with E-state index in [1.165, 1.54) is 5.56 Å². The van der Waals surface area contributed by atoms with Crippen LogP contribution in [0.1, 0.15) is 51.2 Å². The molecule has 2 aromatic carbocycles. The van der Waals surface area contributed by atoms with Crippen LogP contribution in [0.5, 0.6) is 5.75 Å². The molecule has 180 valence electrons. The first-order valence-electron chi connectivity index (χ1n) is 12.0. The highest BCUT2D eigenvalue weighted by atomic mass is 16.5. The first-order valence-corrected chi connectivity index (χ1v) is 12.0. The van der Waals surface area contributed by atoms with Crippen LogP contribution < -0.4 is 9.64 Å². The van der Waals surface area contributed by atoms with Gasteiger partial charge in [-0.25, -0.2) is 0 Å². The summed E-state index contributed by atoms with van der Waals surface area (Å²) in [5.74, 6) is 1.48. The van der Waals surface area contributed by atoms with Crippen LogP contribution in [0.25, 0.3) is 0 Å². The molecule has 5 nitrogen and oxygen atoms in total. The number of hydrogen-bond donors (Lipinski definition) is 0. The average molecular weight is 453 g/mol. The molecular weight excluding hydrogens is 412 g/mol. The topological polar surface area (TPSA) is 42.0 Å². The Kier molecular flexibility index (Phi) is 8.41. The van der Waals surface area contributed by atoms with Crippen LogP contribution in [-0.4, -0.2) is 51.3 Å². The highest BCUT2D eigenvalue weighted by molar-refractivity contribution is 5.73. The van der Waals surface area contributed by atoms with E-state index in [0.717, 1.165) is 42.9 Å². The molecule has 1 amide bonds. The summed E-state index contributed by atoms with van der Waals surface area (Å²) >= 11 is 0. The van der Waals surface area contributed by atoms with Gasteiger partial charge in [0.15, 0.2) is 0 Å². The lowest BCUT2D eigenvalue weighted by Crippen LogP contribution is -2.43. The fraction of sp³-hybridized carbons (Fsp3) is 0.536. The highest BCUT2D eigenvalue weighted by Gasteiger charge is 2.41. The van der Waals surface area contributed by atoms with Gasteiger partial charge in [-0.2, -0.15) is 0 Å². The second-order valence-electron chi connectivity index (χ2n) is 9.84. The summed E-state index contributed by atoms with van der Waals surface area (Å²) in [6, 6.07) is 16.8. The van der Waals surface area contributed by atoms with Crippen molar-refractivity contribution in [2.45, 2.75) is 58.1 Å². The number of carbonyl (C=O) groups excluding carboxylic acids is 1. The normalized spacial score (nSPS) is 20.5. The zero-order valence-corrected chi connectivity index (χ0v) is 21.1. The molecule has 0 N–H and O–H groups in total. The quantitative estimate of drug-likeness (QED) is 0.520. The Morgan fingerprint density at radius 3 is 2.45 bits per heavy atom. The van der Waals surface area contributed by atoms with Gasteiger partial charge in [-0.3, -0.25) is 4.79 Å². The molecule has 3 rings (SSSR count). The predicted octanol–water partition coefficient (Wildman–Crippen LogP) is 5.27. The fourth-order valence-electron chi connectivity index (χ4n) is 4.89. The second-order valence-corrected chi connectivity index (χ2v) is 9.84. The molecule has 1 saturated heterocycles. The Morgan fingerprint density at radius 2 is 1.85 bits per heavy atom. The zero-order chi connectivity index (χ0) is 24.0. The Bertz CT molecular complexity index is 910. The fourth-order valence-corrected chi connectivity index (χ4v) is 4.89. The standard InChI is InChI=1S/C28H40N2O3/c1-21(2)27-19-28(16-18-33-27,25-9-7-8-10-26(25)32-6)15-17-30(22(3)31)20-23-11-13-24(14-12-23)29(4)5/h7-14,21,27H,15-20H2,1-6H3/t27-,28+/m0/s1. The van der Waals surface area contributed by atoms with Crippen LogP contribution in [0, 0.1) is 5.92 Å². The van der Waals surface area contributed by atoms with Crippen molar-refractivity contribution in [3.63, 3.8) is 0 Å². The molecule has 0 aromatic heterocycles. The molecule has 1 aliphatic rings. The first kappa shape index (κ1) is 25.1. The maximum Gasteiger partial charge on any atom is 0.219 e. The van der Waals surface area contributed by atoms with E-state index in [0.29, 0.717) is 19.0 Å². The van der Waals surface area contributed by atoms with Gasteiger partial charge in [0, 0.05) is 57.4 Å². The van der Waals surface area contributed by atoms with E-state index in [1.807, 2.05) is 31.1 Å². The summed E-state index contributed by atoms with van der Waals surface area (Å²) in [6.45, 7) is 8.17. The number of benzene rings is 2. The lowest BCUT2D eigenvalue weighted by molar-refractivity contribution is -0.130. The minimum absolute atomic E-state index is 0.0811. The largest absolute Gasteiger partial charge is 0.496 e. The molecule has 0 saturated carbocycles. The number of anilines is 1. The van der Waals surface area contributed by atoms with Crippen molar-refractivity contribution in [2.75, 3.05) is 39.3 Å². The summed E-state index contributed by atoms with van der Waals surface area (Å²) in [5, 5.41) is 0. The molecule has 0 radical (unpaired) electrons. The SMILES string of the molecule is COc1ccccc1[C@]1(CCN(Cc2ccc(N(C)C)cc2)C(C)=O)CCO[C@H](C(C)C)C1. The van der Waals surface area contributed by atoms with Crippen LogP contribution in [0.15, 0.2) is 48.5 Å². The van der Waals surface area contributed by atoms with Crippen molar-refractivity contribution >= 4 is 11.6 Å². The van der Waals surface area contributed by atoms with Crippen molar-refractivity contribution in [1.82, 2.24) is 4.90 Å². The summed E-state index contributed by atoms with van der Waals surface area (Å²) in [4.78, 5) is 16.7. The van der Waals surface area contributed by atoms with Crippen LogP contribution in [0.4, 0.5) is 5.69 Å². The van der Waals surface area contributed by atoms with E-state index in [4.69, 9.17) is 9.47 Å². The lowest BCUT2D eigenvalue weighted by atomic mass is 9.68. The maximum atomic E-state index is 12.6. The summed E-state index contributed by atoms with van der Waals surface area (Å²) in [7, 11) is 5.81. The van der Waals surface area contributed by atoms with Crippen molar-refractivity contribution in [1.29, 1.82) is 0 Å². The molecule has 0 bridgehead atoms. The molecule has 33 heavy (non-hydrogen) atoms. The van der Waals surface area contributed by atoms with Crippen molar-refractivity contribution in [3.05, 3.63) is 59.7 Å². The Labute approximate surface area is 199 Å². The van der Waals surface area contributed by atoms with Crippen LogP contribution >= 0.6 is 0 Å². The predicted molar refractivity (Wildman–Crippen MR) is 135 cm³/mol. The Morgan fingerprint density at radius 1 is 1.15 bits per heavy atom. The number of carbonyl (C=O) groups is 1. The Hall–Kier alpha value is -2.53. The van der Waals surface area contributed by atoms with Gasteiger partial charge in [0.1, 0.15) is 5.75 Å². The number of hydrogen-bond acceptors (Lipinski definition) is 4. The van der Waals surface area contributed by atoms with Crippen molar-refractivity contribution < 1.29 is 14.3 Å². The zero-order valence-electron chi connectivity index (χ0n) is 21.1. The molecule has 0 unspecified atom stereocenters. The minimum Gasteiger partial charge on any atom is -0.496 e. The Balaban J connectivity index is 1.84. The van der Waals surface area contributed by atoms with Crippen molar-refractivity contribution in [2.24, 2.45) is 5.92 Å². The third-order valence-electron chi connectivity index (χ3n) is 7.06. The third-order valence-corrected chi connectivity index (χ3v) is 7.06. The molecule has 5 heteroatoms. The number of amides is 1. The van der Waals surface area contributed by atoms with E-state index in [1.54, 1.807) is 14.0 Å². The van der Waals surface area contributed by atoms with Gasteiger partial charge in [0.2, 0.25) is 5.91 Å². The molecular formula is C28H40N2O3. The highest BCUT2D eigenvalue weighted by Crippen LogP contribution is 2.45. The lowest BCUT2D eigenvalue weighted by Gasteiger charge is -2.44. The van der Waals surface area contributed by atoms with Crippen LogP contribution in [0.2, 0.25) is 0 Å². The number of para-hydroxylation sites is 1. The average Bonchev–Trinajstić information content (AvgIpc) is 2.82. The monoisotopic (exact) mass is 452 g/mol. The molecule has 1 heterocycles. The number of methoxy groups -OCH3 is 1. The van der Waals surface area contributed by atoms with E-state index in [9.17, 15) is 4.79 Å². The van der Waals surface area contributed by atoms with Gasteiger partial charge in [-0.1, -0.05) is 44.2 Å². The smallest absolute Gasteiger partial charge is 0.219 e. The summed E-state index contributed by atoms with van der Waals surface area (Å²) in [5.41, 5.74) is 3.46. The summed E-state index contributed by atoms with van der Waals surface area (Å²) < 4.78 is 11.9. The maximum absolute atomic E-state index is 12.6. The molecule has 0 aliphatic carbocycles. The minimum atomic E-state index is -0.0811. The number of nitrogens with zero attached hydrogens (tertiary/aromatic N) is 2. The van der Waals surface area contributed by atoms with Gasteiger partial charge in [0.05, 0.1) is 13.2 Å². The number of rotatable bonds is 9.